The summed E-state index contributed by atoms with van der Waals surface area (Å²) in [6, 6.07) is 7.60. The molecule has 2 amide bonds. The van der Waals surface area contributed by atoms with E-state index in [0.29, 0.717) is 5.92 Å². The predicted molar refractivity (Wildman–Crippen MR) is 84.7 cm³/mol. The normalized spacial score (nSPS) is 17.1. The van der Waals surface area contributed by atoms with Crippen LogP contribution in [0.3, 0.4) is 0 Å². The Labute approximate surface area is 129 Å². The second-order valence-corrected chi connectivity index (χ2v) is 5.88. The van der Waals surface area contributed by atoms with Gasteiger partial charge in [-0.05, 0) is 30.4 Å². The highest BCUT2D eigenvalue weighted by molar-refractivity contribution is 5.90. The molecule has 2 heterocycles. The fraction of sp³-hybridized carbons (Fsp3) is 0.438. The number of hydrogen-bond donors (Lipinski definition) is 2. The molecule has 0 saturated carbocycles. The summed E-state index contributed by atoms with van der Waals surface area (Å²) in [7, 11) is 0. The van der Waals surface area contributed by atoms with Crippen molar-refractivity contribution < 1.29 is 4.79 Å². The number of anilines is 1. The summed E-state index contributed by atoms with van der Waals surface area (Å²) in [4.78, 5) is 16.6. The summed E-state index contributed by atoms with van der Waals surface area (Å²) in [5.41, 5.74) is 1.98. The first-order valence-corrected chi connectivity index (χ1v) is 7.69. The number of aromatic nitrogens is 3. The summed E-state index contributed by atoms with van der Waals surface area (Å²) in [6.45, 7) is 5.09. The summed E-state index contributed by atoms with van der Waals surface area (Å²) >= 11 is 0. The van der Waals surface area contributed by atoms with Gasteiger partial charge >= 0.3 is 6.03 Å². The van der Waals surface area contributed by atoms with Crippen molar-refractivity contribution in [2.45, 2.75) is 45.2 Å². The van der Waals surface area contributed by atoms with Crippen molar-refractivity contribution in [2.75, 3.05) is 5.32 Å². The van der Waals surface area contributed by atoms with E-state index in [1.54, 1.807) is 6.33 Å². The molecule has 0 fully saturated rings. The molecule has 1 aliphatic heterocycles. The number of carbonyl (C=O) groups is 1. The lowest BCUT2D eigenvalue weighted by Crippen LogP contribution is -2.36. The highest BCUT2D eigenvalue weighted by Crippen LogP contribution is 2.25. The number of nitrogens with zero attached hydrogens (tertiary/aromatic N) is 3. The number of benzene rings is 1. The van der Waals surface area contributed by atoms with Crippen molar-refractivity contribution in [3.8, 4) is 0 Å². The maximum Gasteiger partial charge on any atom is 0.319 e. The Morgan fingerprint density at radius 2 is 2.18 bits per heavy atom. The molecule has 0 aliphatic carbocycles. The summed E-state index contributed by atoms with van der Waals surface area (Å²) in [6.07, 6.45) is 3.42. The van der Waals surface area contributed by atoms with Gasteiger partial charge in [0, 0.05) is 12.2 Å². The zero-order valence-electron chi connectivity index (χ0n) is 12.9. The molecule has 22 heavy (non-hydrogen) atoms. The van der Waals surface area contributed by atoms with Crippen LogP contribution in [0, 0.1) is 0 Å². The standard InChI is InChI=1S/C16H21N5O/c1-11(2)12-6-3-4-7-13(12)19-16(22)20-14-8-5-9-21-15(14)17-10-18-21/h3-4,6-7,10-11,14H,5,8-9H2,1-2H3,(H2,19,20,22)/t14-/m0/s1. The average Bonchev–Trinajstić information content (AvgIpc) is 2.97. The van der Waals surface area contributed by atoms with Gasteiger partial charge in [-0.2, -0.15) is 5.10 Å². The Bertz CT molecular complexity index is 664. The smallest absolute Gasteiger partial charge is 0.319 e. The van der Waals surface area contributed by atoms with Crippen LogP contribution >= 0.6 is 0 Å². The lowest BCUT2D eigenvalue weighted by molar-refractivity contribution is 0.244. The fourth-order valence-corrected chi connectivity index (χ4v) is 2.86. The van der Waals surface area contributed by atoms with Crippen LogP contribution in [0.4, 0.5) is 10.5 Å². The lowest BCUT2D eigenvalue weighted by Gasteiger charge is -2.23. The van der Waals surface area contributed by atoms with E-state index in [2.05, 4.69) is 34.6 Å². The molecule has 1 aromatic carbocycles. The van der Waals surface area contributed by atoms with Crippen LogP contribution in [0.25, 0.3) is 0 Å². The highest BCUT2D eigenvalue weighted by Gasteiger charge is 2.24. The van der Waals surface area contributed by atoms with Crippen molar-refractivity contribution in [3.63, 3.8) is 0 Å². The van der Waals surface area contributed by atoms with Crippen molar-refractivity contribution in [1.29, 1.82) is 0 Å². The van der Waals surface area contributed by atoms with Crippen LogP contribution in [-0.2, 0) is 6.54 Å². The number of aryl methyl sites for hydroxylation is 1. The molecule has 0 spiro atoms. The van der Waals surface area contributed by atoms with Gasteiger partial charge in [-0.15, -0.1) is 0 Å². The monoisotopic (exact) mass is 299 g/mol. The number of hydrogen-bond acceptors (Lipinski definition) is 3. The number of amides is 2. The van der Waals surface area contributed by atoms with Crippen molar-refractivity contribution in [2.24, 2.45) is 0 Å². The van der Waals surface area contributed by atoms with Crippen LogP contribution in [0.1, 0.15) is 50.0 Å². The molecule has 1 atom stereocenters. The van der Waals surface area contributed by atoms with E-state index in [4.69, 9.17) is 0 Å². The molecule has 1 aromatic heterocycles. The highest BCUT2D eigenvalue weighted by atomic mass is 16.2. The Balaban J connectivity index is 1.70. The zero-order chi connectivity index (χ0) is 15.5. The van der Waals surface area contributed by atoms with Gasteiger partial charge in [0.25, 0.3) is 0 Å². The van der Waals surface area contributed by atoms with E-state index >= 15 is 0 Å². The second-order valence-electron chi connectivity index (χ2n) is 5.88. The van der Waals surface area contributed by atoms with E-state index < -0.39 is 0 Å². The van der Waals surface area contributed by atoms with Crippen LogP contribution in [0.15, 0.2) is 30.6 Å². The zero-order valence-corrected chi connectivity index (χ0v) is 12.9. The molecule has 6 heteroatoms. The molecule has 3 rings (SSSR count). The number of nitrogens with one attached hydrogen (secondary N) is 2. The minimum Gasteiger partial charge on any atom is -0.328 e. The Hall–Kier alpha value is -2.37. The SMILES string of the molecule is CC(C)c1ccccc1NC(=O)N[C@H]1CCCn2ncnc21. The number of para-hydroxylation sites is 1. The van der Waals surface area contributed by atoms with Crippen molar-refractivity contribution in [3.05, 3.63) is 42.0 Å². The van der Waals surface area contributed by atoms with Gasteiger partial charge < -0.3 is 10.6 Å². The number of rotatable bonds is 3. The molecule has 0 radical (unpaired) electrons. The Morgan fingerprint density at radius 3 is 3.00 bits per heavy atom. The molecule has 0 unspecified atom stereocenters. The van der Waals surface area contributed by atoms with Gasteiger partial charge in [0.05, 0.1) is 6.04 Å². The molecule has 2 aromatic rings. The van der Waals surface area contributed by atoms with Gasteiger partial charge in [0.2, 0.25) is 0 Å². The van der Waals surface area contributed by atoms with Gasteiger partial charge in [0.15, 0.2) is 0 Å². The van der Waals surface area contributed by atoms with Gasteiger partial charge in [-0.3, -0.25) is 0 Å². The summed E-state index contributed by atoms with van der Waals surface area (Å²) < 4.78 is 1.86. The molecular weight excluding hydrogens is 278 g/mol. The second kappa shape index (κ2) is 6.17. The molecule has 116 valence electrons. The summed E-state index contributed by atoms with van der Waals surface area (Å²) in [5, 5.41) is 10.1. The molecular formula is C16H21N5O. The first kappa shape index (κ1) is 14.6. The van der Waals surface area contributed by atoms with Crippen LogP contribution in [0.2, 0.25) is 0 Å². The van der Waals surface area contributed by atoms with E-state index in [1.165, 1.54) is 0 Å². The topological polar surface area (TPSA) is 71.8 Å². The number of carbonyl (C=O) groups excluding carboxylic acids is 1. The van der Waals surface area contributed by atoms with Crippen LogP contribution in [0.5, 0.6) is 0 Å². The predicted octanol–water partition coefficient (Wildman–Crippen LogP) is 3.06. The molecule has 0 bridgehead atoms. The number of fused-ring (bicyclic) bond motifs is 1. The van der Waals surface area contributed by atoms with E-state index in [1.807, 2.05) is 28.9 Å². The third-order valence-electron chi connectivity index (χ3n) is 3.96. The molecule has 1 aliphatic rings. The minimum atomic E-state index is -0.199. The third kappa shape index (κ3) is 2.95. The van der Waals surface area contributed by atoms with E-state index in [9.17, 15) is 4.79 Å². The number of urea groups is 1. The Morgan fingerprint density at radius 1 is 1.36 bits per heavy atom. The molecule has 0 saturated heterocycles. The van der Waals surface area contributed by atoms with E-state index in [0.717, 1.165) is 36.5 Å². The van der Waals surface area contributed by atoms with Gasteiger partial charge in [0.1, 0.15) is 12.2 Å². The third-order valence-corrected chi connectivity index (χ3v) is 3.96. The van der Waals surface area contributed by atoms with Crippen molar-refractivity contribution in [1.82, 2.24) is 20.1 Å². The maximum absolute atomic E-state index is 12.3. The minimum absolute atomic E-state index is 0.0811. The van der Waals surface area contributed by atoms with Crippen molar-refractivity contribution >= 4 is 11.7 Å². The Kier molecular flexibility index (Phi) is 4.09. The quantitative estimate of drug-likeness (QED) is 0.915. The van der Waals surface area contributed by atoms with Crippen LogP contribution < -0.4 is 10.6 Å². The molecule has 2 N–H and O–H groups in total. The average molecular weight is 299 g/mol. The largest absolute Gasteiger partial charge is 0.328 e. The van der Waals surface area contributed by atoms with E-state index in [-0.39, 0.29) is 12.1 Å². The van der Waals surface area contributed by atoms with Gasteiger partial charge in [-0.1, -0.05) is 32.0 Å². The fourth-order valence-electron chi connectivity index (χ4n) is 2.86. The maximum atomic E-state index is 12.3. The summed E-state index contributed by atoms with van der Waals surface area (Å²) in [5.74, 6) is 1.19. The first-order valence-electron chi connectivity index (χ1n) is 7.69. The first-order chi connectivity index (χ1) is 10.6. The van der Waals surface area contributed by atoms with Gasteiger partial charge in [-0.25, -0.2) is 14.5 Å². The van der Waals surface area contributed by atoms with Crippen LogP contribution in [-0.4, -0.2) is 20.8 Å². The molecule has 6 nitrogen and oxygen atoms in total. The lowest BCUT2D eigenvalue weighted by atomic mass is 10.0.